The van der Waals surface area contributed by atoms with Gasteiger partial charge >= 0.3 is 11.9 Å². The molecule has 0 spiro atoms. The standard InChI is InChI=1S/C15H14O4/c1-9-8-10-6-4-5-7-11(10)13(15(17)19-3)12(9)14(16)18-2/h4-8H,1-3H3. The summed E-state index contributed by atoms with van der Waals surface area (Å²) in [7, 11) is 2.58. The molecule has 0 aromatic heterocycles. The molecule has 0 atom stereocenters. The Morgan fingerprint density at radius 2 is 1.53 bits per heavy atom. The molecule has 0 bridgehead atoms. The summed E-state index contributed by atoms with van der Waals surface area (Å²) in [6, 6.07) is 9.21. The fraction of sp³-hybridized carbons (Fsp3) is 0.200. The van der Waals surface area contributed by atoms with Crippen molar-refractivity contribution < 1.29 is 19.1 Å². The highest BCUT2D eigenvalue weighted by Crippen LogP contribution is 2.27. The zero-order chi connectivity index (χ0) is 14.0. The van der Waals surface area contributed by atoms with Crippen molar-refractivity contribution in [3.8, 4) is 0 Å². The van der Waals surface area contributed by atoms with E-state index in [0.717, 1.165) is 5.39 Å². The largest absolute Gasteiger partial charge is 0.465 e. The highest BCUT2D eigenvalue weighted by molar-refractivity contribution is 6.13. The number of rotatable bonds is 2. The molecule has 0 aliphatic heterocycles. The van der Waals surface area contributed by atoms with Crippen LogP contribution in [0.1, 0.15) is 26.3 Å². The Morgan fingerprint density at radius 1 is 0.947 bits per heavy atom. The molecule has 0 aliphatic rings. The number of benzene rings is 2. The molecular weight excluding hydrogens is 244 g/mol. The number of methoxy groups -OCH3 is 2. The van der Waals surface area contributed by atoms with Crippen LogP contribution in [0.5, 0.6) is 0 Å². The minimum absolute atomic E-state index is 0.255. The summed E-state index contributed by atoms with van der Waals surface area (Å²) in [5, 5.41) is 1.56. The van der Waals surface area contributed by atoms with Gasteiger partial charge in [0.15, 0.2) is 0 Å². The lowest BCUT2D eigenvalue weighted by Crippen LogP contribution is -2.14. The molecule has 0 saturated carbocycles. The lowest BCUT2D eigenvalue weighted by Gasteiger charge is -2.12. The van der Waals surface area contributed by atoms with Crippen LogP contribution < -0.4 is 0 Å². The molecule has 19 heavy (non-hydrogen) atoms. The van der Waals surface area contributed by atoms with E-state index < -0.39 is 11.9 Å². The molecule has 2 aromatic rings. The van der Waals surface area contributed by atoms with Gasteiger partial charge in [-0.2, -0.15) is 0 Å². The topological polar surface area (TPSA) is 52.6 Å². The normalized spacial score (nSPS) is 10.3. The number of hydrogen-bond acceptors (Lipinski definition) is 4. The Morgan fingerprint density at radius 3 is 2.16 bits per heavy atom. The Labute approximate surface area is 110 Å². The summed E-state index contributed by atoms with van der Waals surface area (Å²) in [4.78, 5) is 23.9. The number of carbonyl (C=O) groups excluding carboxylic acids is 2. The lowest BCUT2D eigenvalue weighted by atomic mass is 9.94. The SMILES string of the molecule is COC(=O)c1c(C)cc2ccccc2c1C(=O)OC. The molecule has 4 heteroatoms. The van der Waals surface area contributed by atoms with E-state index in [-0.39, 0.29) is 11.1 Å². The van der Waals surface area contributed by atoms with E-state index in [1.54, 1.807) is 13.0 Å². The third kappa shape index (κ3) is 2.17. The van der Waals surface area contributed by atoms with Gasteiger partial charge in [-0.15, -0.1) is 0 Å². The summed E-state index contributed by atoms with van der Waals surface area (Å²) >= 11 is 0. The molecule has 0 amide bonds. The number of ether oxygens (including phenoxy) is 2. The van der Waals surface area contributed by atoms with Crippen LogP contribution in [0, 0.1) is 6.92 Å². The Bertz CT molecular complexity index is 658. The fourth-order valence-corrected chi connectivity index (χ4v) is 2.17. The van der Waals surface area contributed by atoms with Crippen LogP contribution in [0.25, 0.3) is 10.8 Å². The second-order valence-corrected chi connectivity index (χ2v) is 4.15. The maximum absolute atomic E-state index is 12.0. The van der Waals surface area contributed by atoms with E-state index >= 15 is 0 Å². The summed E-state index contributed by atoms with van der Waals surface area (Å²) < 4.78 is 9.54. The average Bonchev–Trinajstić information content (AvgIpc) is 2.44. The molecule has 0 N–H and O–H groups in total. The number of esters is 2. The Balaban J connectivity index is 2.89. The average molecular weight is 258 g/mol. The molecule has 2 rings (SSSR count). The van der Waals surface area contributed by atoms with Gasteiger partial charge in [-0.3, -0.25) is 0 Å². The quantitative estimate of drug-likeness (QED) is 0.777. The number of aryl methyl sites for hydroxylation is 1. The second kappa shape index (κ2) is 5.10. The maximum atomic E-state index is 12.0. The van der Waals surface area contributed by atoms with Crippen molar-refractivity contribution in [1.29, 1.82) is 0 Å². The summed E-state index contributed by atoms with van der Waals surface area (Å²) in [6.07, 6.45) is 0. The number of hydrogen-bond donors (Lipinski definition) is 0. The third-order valence-electron chi connectivity index (χ3n) is 3.03. The van der Waals surface area contributed by atoms with E-state index in [0.29, 0.717) is 10.9 Å². The van der Waals surface area contributed by atoms with Crippen LogP contribution in [-0.2, 0) is 9.47 Å². The number of carbonyl (C=O) groups is 2. The van der Waals surface area contributed by atoms with Crippen molar-refractivity contribution >= 4 is 22.7 Å². The highest BCUT2D eigenvalue weighted by atomic mass is 16.5. The van der Waals surface area contributed by atoms with Crippen LogP contribution in [-0.4, -0.2) is 26.2 Å². The highest BCUT2D eigenvalue weighted by Gasteiger charge is 2.23. The van der Waals surface area contributed by atoms with Gasteiger partial charge in [0.1, 0.15) is 0 Å². The molecule has 0 unspecified atom stereocenters. The molecule has 0 radical (unpaired) electrons. The summed E-state index contributed by atoms with van der Waals surface area (Å²) in [6.45, 7) is 1.77. The summed E-state index contributed by atoms with van der Waals surface area (Å²) in [5.74, 6) is -1.08. The predicted octanol–water partition coefficient (Wildman–Crippen LogP) is 2.72. The second-order valence-electron chi connectivity index (χ2n) is 4.15. The first-order chi connectivity index (χ1) is 9.10. The van der Waals surface area contributed by atoms with Crippen molar-refractivity contribution in [2.75, 3.05) is 14.2 Å². The minimum atomic E-state index is -0.541. The van der Waals surface area contributed by atoms with Gasteiger partial charge in [-0.25, -0.2) is 9.59 Å². The van der Waals surface area contributed by atoms with Crippen molar-refractivity contribution in [3.63, 3.8) is 0 Å². The van der Waals surface area contributed by atoms with Gasteiger partial charge in [0.25, 0.3) is 0 Å². The van der Waals surface area contributed by atoms with Crippen LogP contribution in [0.4, 0.5) is 0 Å². The first kappa shape index (κ1) is 13.1. The van der Waals surface area contributed by atoms with Crippen LogP contribution in [0.15, 0.2) is 30.3 Å². The lowest BCUT2D eigenvalue weighted by molar-refractivity contribution is 0.0556. The molecule has 2 aromatic carbocycles. The minimum Gasteiger partial charge on any atom is -0.465 e. The maximum Gasteiger partial charge on any atom is 0.339 e. The molecule has 0 aliphatic carbocycles. The van der Waals surface area contributed by atoms with Crippen molar-refractivity contribution in [2.45, 2.75) is 6.92 Å². The predicted molar refractivity (Wildman–Crippen MR) is 71.4 cm³/mol. The first-order valence-electron chi connectivity index (χ1n) is 5.79. The van der Waals surface area contributed by atoms with Crippen LogP contribution in [0.2, 0.25) is 0 Å². The zero-order valence-electron chi connectivity index (χ0n) is 11.0. The van der Waals surface area contributed by atoms with Crippen LogP contribution in [0.3, 0.4) is 0 Å². The van der Waals surface area contributed by atoms with Gasteiger partial charge in [-0.1, -0.05) is 30.3 Å². The Hall–Kier alpha value is -2.36. The van der Waals surface area contributed by atoms with Gasteiger partial charge in [-0.05, 0) is 23.3 Å². The molecular formula is C15H14O4. The monoisotopic (exact) mass is 258 g/mol. The van der Waals surface area contributed by atoms with Gasteiger partial charge < -0.3 is 9.47 Å². The fourth-order valence-electron chi connectivity index (χ4n) is 2.17. The van der Waals surface area contributed by atoms with Gasteiger partial charge in [0, 0.05) is 0 Å². The van der Waals surface area contributed by atoms with Crippen molar-refractivity contribution in [3.05, 3.63) is 47.0 Å². The first-order valence-corrected chi connectivity index (χ1v) is 5.79. The molecule has 4 nitrogen and oxygen atoms in total. The van der Waals surface area contributed by atoms with Crippen LogP contribution >= 0.6 is 0 Å². The molecule has 98 valence electrons. The van der Waals surface area contributed by atoms with E-state index in [9.17, 15) is 9.59 Å². The van der Waals surface area contributed by atoms with E-state index in [1.165, 1.54) is 14.2 Å². The third-order valence-corrected chi connectivity index (χ3v) is 3.03. The molecule has 0 fully saturated rings. The van der Waals surface area contributed by atoms with E-state index in [4.69, 9.17) is 9.47 Å². The van der Waals surface area contributed by atoms with Gasteiger partial charge in [0.05, 0.1) is 25.3 Å². The van der Waals surface area contributed by atoms with E-state index in [2.05, 4.69) is 0 Å². The van der Waals surface area contributed by atoms with Crippen molar-refractivity contribution in [1.82, 2.24) is 0 Å². The van der Waals surface area contributed by atoms with Crippen molar-refractivity contribution in [2.24, 2.45) is 0 Å². The summed E-state index contributed by atoms with van der Waals surface area (Å²) in [5.41, 5.74) is 1.20. The zero-order valence-corrected chi connectivity index (χ0v) is 11.0. The smallest absolute Gasteiger partial charge is 0.339 e. The Kier molecular flexibility index (Phi) is 3.51. The van der Waals surface area contributed by atoms with E-state index in [1.807, 2.05) is 24.3 Å². The molecule has 0 saturated heterocycles. The molecule has 0 heterocycles. The van der Waals surface area contributed by atoms with Gasteiger partial charge in [0.2, 0.25) is 0 Å². The number of fused-ring (bicyclic) bond motifs is 1.